The van der Waals surface area contributed by atoms with Crippen molar-refractivity contribution < 1.29 is 9.59 Å². The molecular weight excluding hydrogens is 356 g/mol. The van der Waals surface area contributed by atoms with Gasteiger partial charge in [-0.25, -0.2) is 0 Å². The normalized spacial score (nSPS) is 10.2. The molecule has 2 amide bonds. The molecule has 0 aromatic heterocycles. The van der Waals surface area contributed by atoms with Gasteiger partial charge in [-0.15, -0.1) is 0 Å². The van der Waals surface area contributed by atoms with Crippen LogP contribution in [0, 0.1) is 0 Å². The second-order valence-electron chi connectivity index (χ2n) is 5.29. The Morgan fingerprint density at radius 3 is 2.22 bits per heavy atom. The summed E-state index contributed by atoms with van der Waals surface area (Å²) < 4.78 is 0.786. The van der Waals surface area contributed by atoms with Crippen molar-refractivity contribution in [1.82, 2.24) is 4.90 Å². The number of amides is 2. The van der Waals surface area contributed by atoms with Crippen molar-refractivity contribution in [2.24, 2.45) is 0 Å². The number of anilines is 1. The van der Waals surface area contributed by atoms with Crippen LogP contribution in [0.3, 0.4) is 0 Å². The Hall–Kier alpha value is -2.14. The average Bonchev–Trinajstić information content (AvgIpc) is 2.54. The van der Waals surface area contributed by atoms with Crippen LogP contribution in [0.1, 0.15) is 12.5 Å². The number of hydrogen-bond acceptors (Lipinski definition) is 2. The van der Waals surface area contributed by atoms with E-state index < -0.39 is 0 Å². The fourth-order valence-corrected chi connectivity index (χ4v) is 2.74. The maximum Gasteiger partial charge on any atom is 0.242 e. The minimum absolute atomic E-state index is 0.0152. The molecule has 2 aromatic rings. The van der Waals surface area contributed by atoms with Gasteiger partial charge in [-0.05, 0) is 33.6 Å². The molecule has 0 N–H and O–H groups in total. The fourth-order valence-electron chi connectivity index (χ4n) is 2.24. The lowest BCUT2D eigenvalue weighted by molar-refractivity contribution is -0.130. The third-order valence-corrected chi connectivity index (χ3v) is 4.18. The number of halogens is 1. The molecule has 23 heavy (non-hydrogen) atoms. The molecule has 2 aromatic carbocycles. The van der Waals surface area contributed by atoms with Gasteiger partial charge in [0.15, 0.2) is 0 Å². The van der Waals surface area contributed by atoms with E-state index in [0.717, 1.165) is 10.0 Å². The summed E-state index contributed by atoms with van der Waals surface area (Å²) >= 11 is 3.43. The highest BCUT2D eigenvalue weighted by molar-refractivity contribution is 9.10. The van der Waals surface area contributed by atoms with Gasteiger partial charge in [0, 0.05) is 25.0 Å². The second kappa shape index (κ2) is 7.92. The first kappa shape index (κ1) is 17.2. The molecule has 0 aliphatic heterocycles. The molecule has 0 unspecified atom stereocenters. The lowest BCUT2D eigenvalue weighted by Crippen LogP contribution is -2.40. The molecule has 0 aliphatic rings. The van der Waals surface area contributed by atoms with E-state index in [-0.39, 0.29) is 18.4 Å². The first-order chi connectivity index (χ1) is 11.0. The van der Waals surface area contributed by atoms with E-state index in [4.69, 9.17) is 0 Å². The largest absolute Gasteiger partial charge is 0.340 e. The van der Waals surface area contributed by atoms with E-state index in [1.54, 1.807) is 11.9 Å². The number of rotatable bonds is 5. The average molecular weight is 375 g/mol. The van der Waals surface area contributed by atoms with Gasteiger partial charge in [-0.3, -0.25) is 9.59 Å². The van der Waals surface area contributed by atoms with Crippen molar-refractivity contribution in [2.75, 3.05) is 18.5 Å². The Balaban J connectivity index is 2.09. The van der Waals surface area contributed by atoms with Crippen molar-refractivity contribution in [3.05, 3.63) is 64.6 Å². The molecular formula is C18H19BrN2O2. The highest BCUT2D eigenvalue weighted by atomic mass is 79.9. The number of carbonyl (C=O) groups is 2. The third-order valence-electron chi connectivity index (χ3n) is 3.51. The van der Waals surface area contributed by atoms with Crippen molar-refractivity contribution in [3.8, 4) is 0 Å². The predicted octanol–water partition coefficient (Wildman–Crippen LogP) is 3.46. The van der Waals surface area contributed by atoms with Gasteiger partial charge >= 0.3 is 0 Å². The summed E-state index contributed by atoms with van der Waals surface area (Å²) in [5, 5.41) is 0. The summed E-state index contributed by atoms with van der Waals surface area (Å²) in [6, 6.07) is 17.1. The molecule has 4 nitrogen and oxygen atoms in total. The van der Waals surface area contributed by atoms with Crippen LogP contribution in [-0.4, -0.2) is 30.3 Å². The van der Waals surface area contributed by atoms with Crippen molar-refractivity contribution >= 4 is 33.4 Å². The Bertz CT molecular complexity index is 688. The van der Waals surface area contributed by atoms with E-state index >= 15 is 0 Å². The first-order valence-electron chi connectivity index (χ1n) is 7.29. The highest BCUT2D eigenvalue weighted by Gasteiger charge is 2.20. The number of para-hydroxylation sites is 1. The second-order valence-corrected chi connectivity index (χ2v) is 6.15. The summed E-state index contributed by atoms with van der Waals surface area (Å²) in [5.74, 6) is -0.279. The quantitative estimate of drug-likeness (QED) is 0.803. The van der Waals surface area contributed by atoms with E-state index in [1.165, 1.54) is 11.8 Å². The Labute approximate surface area is 144 Å². The van der Waals surface area contributed by atoms with Crippen LogP contribution in [0.4, 0.5) is 5.69 Å². The molecule has 0 bridgehead atoms. The minimum Gasteiger partial charge on any atom is -0.340 e. The van der Waals surface area contributed by atoms with Gasteiger partial charge in [0.2, 0.25) is 11.8 Å². The Morgan fingerprint density at radius 2 is 1.61 bits per heavy atom. The van der Waals surface area contributed by atoms with Crippen LogP contribution in [0.5, 0.6) is 0 Å². The first-order valence-corrected chi connectivity index (χ1v) is 8.09. The lowest BCUT2D eigenvalue weighted by Gasteiger charge is -2.25. The number of hydrogen-bond donors (Lipinski definition) is 0. The summed E-state index contributed by atoms with van der Waals surface area (Å²) in [6.07, 6.45) is 0. The molecule has 0 spiro atoms. The minimum atomic E-state index is -0.168. The zero-order valence-corrected chi connectivity index (χ0v) is 14.8. The van der Waals surface area contributed by atoms with E-state index in [2.05, 4.69) is 15.9 Å². The Morgan fingerprint density at radius 1 is 1.00 bits per heavy atom. The molecule has 0 atom stereocenters. The highest BCUT2D eigenvalue weighted by Crippen LogP contribution is 2.25. The monoisotopic (exact) mass is 374 g/mol. The summed E-state index contributed by atoms with van der Waals surface area (Å²) in [7, 11) is 1.74. The molecule has 0 aliphatic carbocycles. The van der Waals surface area contributed by atoms with E-state index in [1.807, 2.05) is 54.6 Å². The third kappa shape index (κ3) is 4.66. The standard InChI is InChI=1S/C18H19BrN2O2/c1-14(22)21(17-11-7-6-10-16(17)19)13-18(23)20(2)12-15-8-4-3-5-9-15/h3-11H,12-13H2,1-2H3. The SMILES string of the molecule is CC(=O)N(CC(=O)N(C)Cc1ccccc1)c1ccccc1Br. The molecule has 2 rings (SSSR count). The van der Waals surface area contributed by atoms with Crippen molar-refractivity contribution in [3.63, 3.8) is 0 Å². The fraction of sp³-hybridized carbons (Fsp3) is 0.222. The van der Waals surface area contributed by atoms with Crippen molar-refractivity contribution in [1.29, 1.82) is 0 Å². The summed E-state index contributed by atoms with van der Waals surface area (Å²) in [6.45, 7) is 1.99. The zero-order chi connectivity index (χ0) is 16.8. The summed E-state index contributed by atoms with van der Waals surface area (Å²) in [5.41, 5.74) is 1.75. The smallest absolute Gasteiger partial charge is 0.242 e. The molecule has 0 radical (unpaired) electrons. The molecule has 0 fully saturated rings. The maximum atomic E-state index is 12.5. The molecule has 0 heterocycles. The number of benzene rings is 2. The zero-order valence-electron chi connectivity index (χ0n) is 13.2. The van der Waals surface area contributed by atoms with Crippen LogP contribution < -0.4 is 4.90 Å². The number of carbonyl (C=O) groups excluding carboxylic acids is 2. The van der Waals surface area contributed by atoms with Gasteiger partial charge < -0.3 is 9.80 Å². The Kier molecular flexibility index (Phi) is 5.93. The molecule has 5 heteroatoms. The molecule has 0 saturated carbocycles. The van der Waals surface area contributed by atoms with Crippen LogP contribution in [-0.2, 0) is 16.1 Å². The van der Waals surface area contributed by atoms with Gasteiger partial charge in [0.25, 0.3) is 0 Å². The lowest BCUT2D eigenvalue weighted by atomic mass is 10.2. The maximum absolute atomic E-state index is 12.5. The molecule has 0 saturated heterocycles. The van der Waals surface area contributed by atoms with Gasteiger partial charge in [-0.2, -0.15) is 0 Å². The number of nitrogens with zero attached hydrogens (tertiary/aromatic N) is 2. The van der Waals surface area contributed by atoms with E-state index in [9.17, 15) is 9.59 Å². The predicted molar refractivity (Wildman–Crippen MR) is 95.1 cm³/mol. The van der Waals surface area contributed by atoms with Crippen LogP contribution >= 0.6 is 15.9 Å². The van der Waals surface area contributed by atoms with Crippen molar-refractivity contribution in [2.45, 2.75) is 13.5 Å². The van der Waals surface area contributed by atoms with Crippen LogP contribution in [0.2, 0.25) is 0 Å². The van der Waals surface area contributed by atoms with Gasteiger partial charge in [-0.1, -0.05) is 42.5 Å². The van der Waals surface area contributed by atoms with E-state index in [0.29, 0.717) is 12.2 Å². The van der Waals surface area contributed by atoms with Crippen LogP contribution in [0.15, 0.2) is 59.1 Å². The number of likely N-dealkylation sites (N-methyl/N-ethyl adjacent to an activating group) is 1. The van der Waals surface area contributed by atoms with Crippen LogP contribution in [0.25, 0.3) is 0 Å². The topological polar surface area (TPSA) is 40.6 Å². The molecule has 120 valence electrons. The van der Waals surface area contributed by atoms with Gasteiger partial charge in [0.1, 0.15) is 6.54 Å². The summed E-state index contributed by atoms with van der Waals surface area (Å²) in [4.78, 5) is 27.5. The van der Waals surface area contributed by atoms with Gasteiger partial charge in [0.05, 0.1) is 5.69 Å².